The molecule has 0 saturated heterocycles. The minimum Gasteiger partial charge on any atom is -0.481 e. The van der Waals surface area contributed by atoms with Crippen LogP contribution in [-0.4, -0.2) is 31.0 Å². The molecule has 0 aromatic heterocycles. The van der Waals surface area contributed by atoms with Gasteiger partial charge in [0, 0.05) is 12.1 Å². The van der Waals surface area contributed by atoms with E-state index < -0.39 is 6.04 Å². The van der Waals surface area contributed by atoms with E-state index in [-0.39, 0.29) is 24.3 Å². The molecule has 1 unspecified atom stereocenters. The lowest BCUT2D eigenvalue weighted by Crippen LogP contribution is -2.50. The molecule has 0 radical (unpaired) electrons. The molecule has 28 heavy (non-hydrogen) atoms. The molecule has 0 saturated carbocycles. The highest BCUT2D eigenvalue weighted by Crippen LogP contribution is 2.12. The summed E-state index contributed by atoms with van der Waals surface area (Å²) in [4.78, 5) is 24.9. The molecule has 2 aromatic carbocycles. The Kier molecular flexibility index (Phi) is 8.11. The molecule has 0 aliphatic carbocycles. The number of benzene rings is 2. The van der Waals surface area contributed by atoms with Gasteiger partial charge in [-0.15, -0.1) is 6.42 Å². The van der Waals surface area contributed by atoms with Crippen LogP contribution in [0.3, 0.4) is 0 Å². The van der Waals surface area contributed by atoms with Gasteiger partial charge < -0.3 is 15.4 Å². The van der Waals surface area contributed by atoms with Gasteiger partial charge in [-0.25, -0.2) is 0 Å². The van der Waals surface area contributed by atoms with E-state index in [2.05, 4.69) is 16.6 Å². The lowest BCUT2D eigenvalue weighted by atomic mass is 10.0. The van der Waals surface area contributed by atoms with Crippen LogP contribution >= 0.6 is 0 Å². The van der Waals surface area contributed by atoms with E-state index in [1.54, 1.807) is 24.3 Å². The summed E-state index contributed by atoms with van der Waals surface area (Å²) in [5.74, 6) is 2.67. The van der Waals surface area contributed by atoms with Gasteiger partial charge in [0.15, 0.2) is 0 Å². The fourth-order valence-corrected chi connectivity index (χ4v) is 2.67. The van der Waals surface area contributed by atoms with Gasteiger partial charge in [-0.3, -0.25) is 9.59 Å². The number of rotatable bonds is 9. The van der Waals surface area contributed by atoms with E-state index in [0.29, 0.717) is 24.3 Å². The SMILES string of the molecule is C#CCOc1ccc(CCNC(=O)C(NC(=O)c2ccccc2)C(C)C)cc1. The van der Waals surface area contributed by atoms with Crippen LogP contribution in [0.15, 0.2) is 54.6 Å². The lowest BCUT2D eigenvalue weighted by molar-refractivity contribution is -0.123. The highest BCUT2D eigenvalue weighted by molar-refractivity contribution is 5.97. The van der Waals surface area contributed by atoms with Gasteiger partial charge in [0.05, 0.1) is 0 Å². The van der Waals surface area contributed by atoms with Gasteiger partial charge in [0.2, 0.25) is 5.91 Å². The molecule has 0 aliphatic rings. The quantitative estimate of drug-likeness (QED) is 0.660. The summed E-state index contributed by atoms with van der Waals surface area (Å²) in [6, 6.07) is 15.9. The van der Waals surface area contributed by atoms with Gasteiger partial charge in [-0.05, 0) is 42.2 Å². The third-order valence-corrected chi connectivity index (χ3v) is 4.23. The Labute approximate surface area is 166 Å². The minimum absolute atomic E-state index is 0.0275. The van der Waals surface area contributed by atoms with E-state index in [4.69, 9.17) is 11.2 Å². The first kappa shape index (κ1) is 21.0. The van der Waals surface area contributed by atoms with Crippen LogP contribution in [0.1, 0.15) is 29.8 Å². The number of hydrogen-bond donors (Lipinski definition) is 2. The second kappa shape index (κ2) is 10.8. The molecule has 2 aromatic rings. The van der Waals surface area contributed by atoms with Crippen molar-refractivity contribution in [3.8, 4) is 18.1 Å². The lowest BCUT2D eigenvalue weighted by Gasteiger charge is -2.21. The van der Waals surface area contributed by atoms with Crippen molar-refractivity contribution in [1.29, 1.82) is 0 Å². The molecule has 0 aliphatic heterocycles. The predicted octanol–water partition coefficient (Wildman–Crippen LogP) is 2.81. The minimum atomic E-state index is -0.591. The maximum Gasteiger partial charge on any atom is 0.251 e. The summed E-state index contributed by atoms with van der Waals surface area (Å²) in [7, 11) is 0. The van der Waals surface area contributed by atoms with Crippen molar-refractivity contribution in [2.45, 2.75) is 26.3 Å². The van der Waals surface area contributed by atoms with Gasteiger partial charge in [0.1, 0.15) is 18.4 Å². The van der Waals surface area contributed by atoms with E-state index in [0.717, 1.165) is 5.56 Å². The van der Waals surface area contributed by atoms with Crippen LogP contribution in [0.5, 0.6) is 5.75 Å². The molecular weight excluding hydrogens is 352 g/mol. The molecule has 5 nitrogen and oxygen atoms in total. The average molecular weight is 378 g/mol. The average Bonchev–Trinajstić information content (AvgIpc) is 2.71. The van der Waals surface area contributed by atoms with Crippen LogP contribution in [-0.2, 0) is 11.2 Å². The van der Waals surface area contributed by atoms with E-state index in [1.165, 1.54) is 0 Å². The highest BCUT2D eigenvalue weighted by atomic mass is 16.5. The van der Waals surface area contributed by atoms with Gasteiger partial charge in [-0.2, -0.15) is 0 Å². The first-order chi connectivity index (χ1) is 13.5. The molecule has 0 bridgehead atoms. The molecular formula is C23H26N2O3. The van der Waals surface area contributed by atoms with Crippen molar-refractivity contribution in [2.24, 2.45) is 5.92 Å². The Morgan fingerprint density at radius 3 is 2.36 bits per heavy atom. The normalized spacial score (nSPS) is 11.4. The second-order valence-electron chi connectivity index (χ2n) is 6.74. The monoisotopic (exact) mass is 378 g/mol. The molecule has 2 amide bonds. The number of terminal acetylenes is 1. The Bertz CT molecular complexity index is 808. The van der Waals surface area contributed by atoms with Gasteiger partial charge >= 0.3 is 0 Å². The number of hydrogen-bond acceptors (Lipinski definition) is 3. The number of carbonyl (C=O) groups is 2. The number of carbonyl (C=O) groups excluding carboxylic acids is 2. The van der Waals surface area contributed by atoms with E-state index >= 15 is 0 Å². The first-order valence-electron chi connectivity index (χ1n) is 9.30. The molecule has 2 rings (SSSR count). The second-order valence-corrected chi connectivity index (χ2v) is 6.74. The van der Waals surface area contributed by atoms with Gasteiger partial charge in [-0.1, -0.05) is 50.1 Å². The molecule has 1 atom stereocenters. The summed E-state index contributed by atoms with van der Waals surface area (Å²) in [6.45, 7) is 4.53. The Morgan fingerprint density at radius 1 is 1.07 bits per heavy atom. The summed E-state index contributed by atoms with van der Waals surface area (Å²) in [5, 5.41) is 5.73. The largest absolute Gasteiger partial charge is 0.481 e. The molecule has 146 valence electrons. The molecule has 5 heteroatoms. The summed E-state index contributed by atoms with van der Waals surface area (Å²) in [5.41, 5.74) is 1.61. The number of amides is 2. The predicted molar refractivity (Wildman–Crippen MR) is 110 cm³/mol. The summed E-state index contributed by atoms with van der Waals surface area (Å²) < 4.78 is 5.34. The van der Waals surface area contributed by atoms with Crippen LogP contribution in [0, 0.1) is 18.3 Å². The first-order valence-corrected chi connectivity index (χ1v) is 9.30. The fraction of sp³-hybridized carbons (Fsp3) is 0.304. The van der Waals surface area contributed by atoms with Crippen molar-refractivity contribution in [1.82, 2.24) is 10.6 Å². The van der Waals surface area contributed by atoms with Crippen molar-refractivity contribution in [3.05, 3.63) is 65.7 Å². The van der Waals surface area contributed by atoms with Crippen molar-refractivity contribution in [3.63, 3.8) is 0 Å². The zero-order valence-electron chi connectivity index (χ0n) is 16.3. The zero-order valence-corrected chi connectivity index (χ0v) is 16.3. The number of ether oxygens (including phenoxy) is 1. The van der Waals surface area contributed by atoms with Crippen molar-refractivity contribution in [2.75, 3.05) is 13.2 Å². The topological polar surface area (TPSA) is 67.4 Å². The van der Waals surface area contributed by atoms with E-state index in [1.807, 2.05) is 44.2 Å². The van der Waals surface area contributed by atoms with Crippen LogP contribution in [0.4, 0.5) is 0 Å². The molecule has 2 N–H and O–H groups in total. The maximum absolute atomic E-state index is 12.5. The molecule has 0 heterocycles. The Balaban J connectivity index is 1.85. The zero-order chi connectivity index (χ0) is 20.4. The van der Waals surface area contributed by atoms with Crippen LogP contribution in [0.25, 0.3) is 0 Å². The van der Waals surface area contributed by atoms with Crippen LogP contribution in [0.2, 0.25) is 0 Å². The van der Waals surface area contributed by atoms with Gasteiger partial charge in [0.25, 0.3) is 5.91 Å². The fourth-order valence-electron chi connectivity index (χ4n) is 2.67. The third-order valence-electron chi connectivity index (χ3n) is 4.23. The standard InChI is InChI=1S/C23H26N2O3/c1-4-16-28-20-12-10-18(11-13-20)14-15-24-23(27)21(17(2)3)25-22(26)19-8-6-5-7-9-19/h1,5-13,17,21H,14-16H2,2-3H3,(H,24,27)(H,25,26). The number of nitrogens with one attached hydrogen (secondary N) is 2. The molecule has 0 fully saturated rings. The summed E-state index contributed by atoms with van der Waals surface area (Å²) >= 11 is 0. The smallest absolute Gasteiger partial charge is 0.251 e. The Morgan fingerprint density at radius 2 is 1.75 bits per heavy atom. The van der Waals surface area contributed by atoms with Crippen molar-refractivity contribution >= 4 is 11.8 Å². The third kappa shape index (κ3) is 6.48. The van der Waals surface area contributed by atoms with Crippen molar-refractivity contribution < 1.29 is 14.3 Å². The maximum atomic E-state index is 12.5. The van der Waals surface area contributed by atoms with E-state index in [9.17, 15) is 9.59 Å². The highest BCUT2D eigenvalue weighted by Gasteiger charge is 2.24. The Hall–Kier alpha value is -3.26. The summed E-state index contributed by atoms with van der Waals surface area (Å²) in [6.07, 6.45) is 5.85. The molecule has 0 spiro atoms. The van der Waals surface area contributed by atoms with Crippen LogP contribution < -0.4 is 15.4 Å².